The first kappa shape index (κ1) is 19.6. The van der Waals surface area contributed by atoms with Crippen LogP contribution in [0, 0.1) is 12.8 Å². The van der Waals surface area contributed by atoms with Crippen molar-refractivity contribution in [1.29, 1.82) is 0 Å². The number of likely N-dealkylation sites (tertiary alicyclic amines) is 1. The van der Waals surface area contributed by atoms with Crippen LogP contribution in [-0.4, -0.2) is 52.8 Å². The Morgan fingerprint density at radius 3 is 2.33 bits per heavy atom. The van der Waals surface area contributed by atoms with Crippen molar-refractivity contribution in [3.63, 3.8) is 0 Å². The molecule has 2 heterocycles. The van der Waals surface area contributed by atoms with E-state index in [9.17, 15) is 14.7 Å². The fraction of sp³-hybridized carbons (Fsp3) is 0.545. The fourth-order valence-electron chi connectivity index (χ4n) is 3.97. The summed E-state index contributed by atoms with van der Waals surface area (Å²) in [5, 5.41) is 10.5. The molecule has 0 saturated carbocycles. The van der Waals surface area contributed by atoms with Gasteiger partial charge in [-0.3, -0.25) is 9.59 Å². The molecule has 1 N–H and O–H groups in total. The number of Topliss-reactive ketones (excluding diaryl/α,β-unsaturated/α-hetero) is 1. The van der Waals surface area contributed by atoms with Crippen molar-refractivity contribution < 1.29 is 14.7 Å². The predicted octanol–water partition coefficient (Wildman–Crippen LogP) is 3.40. The van der Waals surface area contributed by atoms with Gasteiger partial charge in [0.15, 0.2) is 11.5 Å². The Hall–Kier alpha value is -2.14. The number of hydrogen-bond acceptors (Lipinski definition) is 4. The monoisotopic (exact) mass is 370 g/mol. The van der Waals surface area contributed by atoms with E-state index in [1.165, 1.54) is 19.3 Å². The highest BCUT2D eigenvalue weighted by Crippen LogP contribution is 2.38. The molecule has 1 atom stereocenters. The SMILES string of the molecule is Cc1ccc(C2C(C(=O)C(C)C)=C(O)C(=O)N2CCN2CCCCC2)cc1. The van der Waals surface area contributed by atoms with Gasteiger partial charge in [0.1, 0.15) is 0 Å². The topological polar surface area (TPSA) is 60.9 Å². The van der Waals surface area contributed by atoms with Gasteiger partial charge in [-0.2, -0.15) is 0 Å². The van der Waals surface area contributed by atoms with E-state index in [-0.39, 0.29) is 23.0 Å². The third kappa shape index (κ3) is 4.08. The van der Waals surface area contributed by atoms with Crippen LogP contribution in [0.4, 0.5) is 0 Å². The standard InChI is InChI=1S/C22H30N2O3/c1-15(2)20(25)18-19(17-9-7-16(3)8-10-17)24(22(27)21(18)26)14-13-23-11-5-4-6-12-23/h7-10,15,19,26H,4-6,11-14H2,1-3H3. The lowest BCUT2D eigenvalue weighted by Gasteiger charge is -2.32. The smallest absolute Gasteiger partial charge is 0.290 e. The fourth-order valence-corrected chi connectivity index (χ4v) is 3.97. The van der Waals surface area contributed by atoms with Gasteiger partial charge in [-0.25, -0.2) is 0 Å². The maximum atomic E-state index is 12.8. The van der Waals surface area contributed by atoms with Crippen LogP contribution in [0.25, 0.3) is 0 Å². The molecule has 1 aromatic carbocycles. The first-order valence-corrected chi connectivity index (χ1v) is 9.97. The lowest BCUT2D eigenvalue weighted by Crippen LogP contribution is -2.40. The molecule has 1 unspecified atom stereocenters. The molecular formula is C22H30N2O3. The molecule has 2 aliphatic rings. The Balaban J connectivity index is 1.89. The first-order chi connectivity index (χ1) is 12.9. The lowest BCUT2D eigenvalue weighted by atomic mass is 9.91. The summed E-state index contributed by atoms with van der Waals surface area (Å²) in [6, 6.07) is 7.36. The maximum absolute atomic E-state index is 12.8. The largest absolute Gasteiger partial charge is 0.503 e. The molecule has 1 amide bonds. The second-order valence-electron chi connectivity index (χ2n) is 8.00. The van der Waals surface area contributed by atoms with Crippen molar-refractivity contribution in [2.75, 3.05) is 26.2 Å². The van der Waals surface area contributed by atoms with Crippen molar-refractivity contribution in [3.8, 4) is 0 Å². The van der Waals surface area contributed by atoms with Crippen molar-refractivity contribution in [2.24, 2.45) is 5.92 Å². The summed E-state index contributed by atoms with van der Waals surface area (Å²) in [5.41, 5.74) is 2.24. The molecule has 5 nitrogen and oxygen atoms in total. The van der Waals surface area contributed by atoms with Gasteiger partial charge in [-0.15, -0.1) is 0 Å². The predicted molar refractivity (Wildman–Crippen MR) is 105 cm³/mol. The van der Waals surface area contributed by atoms with E-state index in [2.05, 4.69) is 4.90 Å². The Bertz CT molecular complexity index is 730. The lowest BCUT2D eigenvalue weighted by molar-refractivity contribution is -0.129. The minimum absolute atomic E-state index is 0.160. The molecule has 1 saturated heterocycles. The van der Waals surface area contributed by atoms with Gasteiger partial charge < -0.3 is 14.9 Å². The van der Waals surface area contributed by atoms with Crippen LogP contribution in [0.1, 0.15) is 50.3 Å². The van der Waals surface area contributed by atoms with E-state index in [1.807, 2.05) is 31.2 Å². The van der Waals surface area contributed by atoms with Crippen LogP contribution in [0.2, 0.25) is 0 Å². The molecule has 0 aliphatic carbocycles. The zero-order valence-corrected chi connectivity index (χ0v) is 16.6. The summed E-state index contributed by atoms with van der Waals surface area (Å²) in [5.74, 6) is -1.24. The number of aryl methyl sites for hydroxylation is 1. The number of rotatable bonds is 6. The average molecular weight is 370 g/mol. The quantitative estimate of drug-likeness (QED) is 0.834. The van der Waals surface area contributed by atoms with Crippen LogP contribution in [0.3, 0.4) is 0 Å². The number of benzene rings is 1. The molecule has 5 heteroatoms. The molecule has 1 aromatic rings. The first-order valence-electron chi connectivity index (χ1n) is 9.97. The second kappa shape index (κ2) is 8.26. The Morgan fingerprint density at radius 2 is 1.74 bits per heavy atom. The van der Waals surface area contributed by atoms with Crippen molar-refractivity contribution in [3.05, 3.63) is 46.7 Å². The summed E-state index contributed by atoms with van der Waals surface area (Å²) >= 11 is 0. The normalized spacial score (nSPS) is 21.4. The Labute approximate surface area is 161 Å². The summed E-state index contributed by atoms with van der Waals surface area (Å²) in [6.07, 6.45) is 3.65. The van der Waals surface area contributed by atoms with Gasteiger partial charge in [0.05, 0.1) is 11.6 Å². The molecule has 1 fully saturated rings. The van der Waals surface area contributed by atoms with Gasteiger partial charge in [-0.1, -0.05) is 50.1 Å². The zero-order valence-electron chi connectivity index (χ0n) is 16.6. The van der Waals surface area contributed by atoms with Crippen molar-refractivity contribution in [2.45, 2.75) is 46.1 Å². The second-order valence-corrected chi connectivity index (χ2v) is 8.00. The highest BCUT2D eigenvalue weighted by atomic mass is 16.3. The van der Waals surface area contributed by atoms with E-state index < -0.39 is 11.9 Å². The molecule has 146 valence electrons. The van der Waals surface area contributed by atoms with Crippen LogP contribution in [0.5, 0.6) is 0 Å². The number of hydrogen-bond donors (Lipinski definition) is 1. The number of carbonyl (C=O) groups excluding carboxylic acids is 2. The minimum atomic E-state index is -0.502. The molecule has 0 radical (unpaired) electrons. The van der Waals surface area contributed by atoms with Crippen molar-refractivity contribution >= 4 is 11.7 Å². The number of piperidine rings is 1. The molecule has 0 spiro atoms. The van der Waals surface area contributed by atoms with Gasteiger partial charge in [0.2, 0.25) is 0 Å². The molecular weight excluding hydrogens is 340 g/mol. The highest BCUT2D eigenvalue weighted by molar-refractivity contribution is 6.09. The van der Waals surface area contributed by atoms with Crippen molar-refractivity contribution in [1.82, 2.24) is 9.80 Å². The maximum Gasteiger partial charge on any atom is 0.290 e. The number of aliphatic hydroxyl groups excluding tert-OH is 1. The summed E-state index contributed by atoms with van der Waals surface area (Å²) in [4.78, 5) is 29.6. The average Bonchev–Trinajstić information content (AvgIpc) is 2.91. The number of amides is 1. The number of aliphatic hydroxyl groups is 1. The van der Waals surface area contributed by atoms with Gasteiger partial charge in [0.25, 0.3) is 5.91 Å². The number of carbonyl (C=O) groups is 2. The van der Waals surface area contributed by atoms with Crippen LogP contribution in [-0.2, 0) is 9.59 Å². The van der Waals surface area contributed by atoms with E-state index >= 15 is 0 Å². The van der Waals surface area contributed by atoms with Crippen LogP contribution in [0.15, 0.2) is 35.6 Å². The van der Waals surface area contributed by atoms with Gasteiger partial charge in [-0.05, 0) is 38.4 Å². The highest BCUT2D eigenvalue weighted by Gasteiger charge is 2.43. The summed E-state index contributed by atoms with van der Waals surface area (Å²) in [6.45, 7) is 8.99. The third-order valence-electron chi connectivity index (χ3n) is 5.59. The number of ketones is 1. The molecule has 2 aliphatic heterocycles. The molecule has 0 aromatic heterocycles. The van der Waals surface area contributed by atoms with Gasteiger partial charge in [0, 0.05) is 19.0 Å². The van der Waals surface area contributed by atoms with E-state index in [4.69, 9.17) is 0 Å². The molecule has 0 bridgehead atoms. The van der Waals surface area contributed by atoms with E-state index in [0.29, 0.717) is 6.54 Å². The van der Waals surface area contributed by atoms with Gasteiger partial charge >= 0.3 is 0 Å². The number of nitrogens with zero attached hydrogens (tertiary/aromatic N) is 2. The Kier molecular flexibility index (Phi) is 6.00. The minimum Gasteiger partial charge on any atom is -0.503 e. The summed E-state index contributed by atoms with van der Waals surface area (Å²) < 4.78 is 0. The Morgan fingerprint density at radius 1 is 1.11 bits per heavy atom. The zero-order chi connectivity index (χ0) is 19.6. The summed E-state index contributed by atoms with van der Waals surface area (Å²) in [7, 11) is 0. The van der Waals surface area contributed by atoms with Crippen LogP contribution >= 0.6 is 0 Å². The third-order valence-corrected chi connectivity index (χ3v) is 5.59. The van der Waals surface area contributed by atoms with Crippen LogP contribution < -0.4 is 0 Å². The van der Waals surface area contributed by atoms with E-state index in [0.717, 1.165) is 30.8 Å². The molecule has 27 heavy (non-hydrogen) atoms. The van der Waals surface area contributed by atoms with E-state index in [1.54, 1.807) is 18.7 Å². The molecule has 3 rings (SSSR count).